The van der Waals surface area contributed by atoms with Gasteiger partial charge in [-0.1, -0.05) is 24.6 Å². The molecule has 4 rings (SSSR count). The van der Waals surface area contributed by atoms with Gasteiger partial charge >= 0.3 is 0 Å². The van der Waals surface area contributed by atoms with Crippen LogP contribution in [-0.4, -0.2) is 40.8 Å². The number of aryl methyl sites for hydroxylation is 1. The molecule has 1 amide bonds. The number of carbonyl (C=O) groups is 1. The maximum Gasteiger partial charge on any atom is 0.243 e. The van der Waals surface area contributed by atoms with E-state index in [1.54, 1.807) is 54.2 Å². The second-order valence-electron chi connectivity index (χ2n) is 7.44. The zero-order valence-electron chi connectivity index (χ0n) is 17.0. The summed E-state index contributed by atoms with van der Waals surface area (Å²) in [7, 11) is -3.81. The number of imidazole rings is 1. The Labute approximate surface area is 180 Å². The zero-order chi connectivity index (χ0) is 22.0. The molecule has 162 valence electrons. The molecule has 0 bridgehead atoms. The summed E-state index contributed by atoms with van der Waals surface area (Å²) in [5.41, 5.74) is 0.589. The van der Waals surface area contributed by atoms with E-state index in [4.69, 9.17) is 0 Å². The van der Waals surface area contributed by atoms with Crippen molar-refractivity contribution in [3.05, 3.63) is 72.6 Å². The average molecular weight is 443 g/mol. The standard InChI is InChI=1S/C22H23FN4O3S/c1-16-24-12-14-26(16)20-11-10-17(15-19(20)23)25-22(28)21-9-5-6-13-27(21)31(29,30)18-7-3-2-4-8-18/h2-4,7-8,10-12,14-15,21H,5-6,9,13H2,1H3,(H,25,28). The Bertz CT molecular complexity index is 1190. The van der Waals surface area contributed by atoms with Crippen LogP contribution in [0.5, 0.6) is 0 Å². The summed E-state index contributed by atoms with van der Waals surface area (Å²) in [6, 6.07) is 11.6. The highest BCUT2D eigenvalue weighted by molar-refractivity contribution is 7.89. The van der Waals surface area contributed by atoms with Crippen LogP contribution in [0, 0.1) is 12.7 Å². The second kappa shape index (κ2) is 8.60. The molecule has 0 saturated carbocycles. The summed E-state index contributed by atoms with van der Waals surface area (Å²) >= 11 is 0. The van der Waals surface area contributed by atoms with E-state index in [1.165, 1.54) is 22.5 Å². The number of rotatable bonds is 5. The van der Waals surface area contributed by atoms with Crippen LogP contribution in [0.25, 0.3) is 5.69 Å². The van der Waals surface area contributed by atoms with Crippen LogP contribution < -0.4 is 5.32 Å². The molecule has 1 atom stereocenters. The molecule has 7 nitrogen and oxygen atoms in total. The monoisotopic (exact) mass is 442 g/mol. The number of aromatic nitrogens is 2. The number of hydrogen-bond donors (Lipinski definition) is 1. The fourth-order valence-electron chi connectivity index (χ4n) is 3.82. The number of hydrogen-bond acceptors (Lipinski definition) is 4. The van der Waals surface area contributed by atoms with E-state index in [1.807, 2.05) is 0 Å². The van der Waals surface area contributed by atoms with E-state index >= 15 is 0 Å². The van der Waals surface area contributed by atoms with Gasteiger partial charge in [0.15, 0.2) is 0 Å². The zero-order valence-corrected chi connectivity index (χ0v) is 17.8. The molecule has 1 saturated heterocycles. The van der Waals surface area contributed by atoms with Gasteiger partial charge in [0.1, 0.15) is 17.7 Å². The number of anilines is 1. The lowest BCUT2D eigenvalue weighted by atomic mass is 10.0. The molecular weight excluding hydrogens is 419 g/mol. The highest BCUT2D eigenvalue weighted by Gasteiger charge is 2.37. The van der Waals surface area contributed by atoms with Gasteiger partial charge in [0.25, 0.3) is 0 Å². The number of halogens is 1. The summed E-state index contributed by atoms with van der Waals surface area (Å²) in [6.45, 7) is 2.03. The summed E-state index contributed by atoms with van der Waals surface area (Å²) < 4.78 is 43.7. The molecule has 0 spiro atoms. The lowest BCUT2D eigenvalue weighted by Gasteiger charge is -2.33. The quantitative estimate of drug-likeness (QED) is 0.656. The van der Waals surface area contributed by atoms with Crippen LogP contribution in [-0.2, 0) is 14.8 Å². The summed E-state index contributed by atoms with van der Waals surface area (Å²) in [6.07, 6.45) is 5.07. The van der Waals surface area contributed by atoms with Crippen LogP contribution in [0.2, 0.25) is 0 Å². The van der Waals surface area contributed by atoms with Gasteiger partial charge in [-0.15, -0.1) is 0 Å². The van der Waals surface area contributed by atoms with Crippen LogP contribution in [0.1, 0.15) is 25.1 Å². The fraction of sp³-hybridized carbons (Fsp3) is 0.273. The number of nitrogens with one attached hydrogen (secondary N) is 1. The molecule has 1 unspecified atom stereocenters. The van der Waals surface area contributed by atoms with Crippen molar-refractivity contribution < 1.29 is 17.6 Å². The van der Waals surface area contributed by atoms with Crippen molar-refractivity contribution in [1.82, 2.24) is 13.9 Å². The number of sulfonamides is 1. The molecule has 2 heterocycles. The van der Waals surface area contributed by atoms with Gasteiger partial charge in [0, 0.05) is 24.6 Å². The third-order valence-electron chi connectivity index (χ3n) is 5.41. The van der Waals surface area contributed by atoms with Crippen molar-refractivity contribution >= 4 is 21.6 Å². The van der Waals surface area contributed by atoms with Crippen molar-refractivity contribution in [2.24, 2.45) is 0 Å². The minimum atomic E-state index is -3.81. The predicted molar refractivity (Wildman–Crippen MR) is 115 cm³/mol. The third kappa shape index (κ3) is 4.24. The van der Waals surface area contributed by atoms with Gasteiger partial charge in [-0.05, 0) is 50.1 Å². The Hall–Kier alpha value is -3.04. The van der Waals surface area contributed by atoms with Crippen LogP contribution in [0.4, 0.5) is 10.1 Å². The molecule has 1 aliphatic heterocycles. The Morgan fingerprint density at radius 3 is 2.61 bits per heavy atom. The van der Waals surface area contributed by atoms with Crippen molar-refractivity contribution in [3.8, 4) is 5.69 Å². The van der Waals surface area contributed by atoms with Crippen molar-refractivity contribution in [2.45, 2.75) is 37.1 Å². The summed E-state index contributed by atoms with van der Waals surface area (Å²) in [4.78, 5) is 17.2. The van der Waals surface area contributed by atoms with E-state index in [2.05, 4.69) is 10.3 Å². The third-order valence-corrected chi connectivity index (χ3v) is 7.33. The van der Waals surface area contributed by atoms with Gasteiger partial charge in [-0.3, -0.25) is 4.79 Å². The van der Waals surface area contributed by atoms with E-state index in [-0.39, 0.29) is 17.1 Å². The van der Waals surface area contributed by atoms with Gasteiger partial charge in [0.05, 0.1) is 10.6 Å². The smallest absolute Gasteiger partial charge is 0.243 e. The van der Waals surface area contributed by atoms with Gasteiger partial charge in [-0.2, -0.15) is 4.31 Å². The number of benzene rings is 2. The van der Waals surface area contributed by atoms with E-state index in [9.17, 15) is 17.6 Å². The van der Waals surface area contributed by atoms with Gasteiger partial charge in [0.2, 0.25) is 15.9 Å². The Kier molecular flexibility index (Phi) is 5.88. The molecule has 31 heavy (non-hydrogen) atoms. The average Bonchev–Trinajstić information content (AvgIpc) is 3.20. The molecule has 1 fully saturated rings. The first-order valence-corrected chi connectivity index (χ1v) is 11.5. The number of amides is 1. The normalized spacial score (nSPS) is 17.4. The van der Waals surface area contributed by atoms with Crippen LogP contribution in [0.15, 0.2) is 65.8 Å². The maximum absolute atomic E-state index is 14.7. The highest BCUT2D eigenvalue weighted by atomic mass is 32.2. The number of piperidine rings is 1. The second-order valence-corrected chi connectivity index (χ2v) is 9.33. The number of nitrogens with zero attached hydrogens (tertiary/aromatic N) is 3. The molecule has 1 aliphatic rings. The molecule has 2 aromatic carbocycles. The van der Waals surface area contributed by atoms with Gasteiger partial charge < -0.3 is 9.88 Å². The van der Waals surface area contributed by atoms with Crippen LogP contribution >= 0.6 is 0 Å². The minimum Gasteiger partial charge on any atom is -0.325 e. The number of carbonyl (C=O) groups excluding carboxylic acids is 1. The SMILES string of the molecule is Cc1nccn1-c1ccc(NC(=O)C2CCCCN2S(=O)(=O)c2ccccc2)cc1F. The summed E-state index contributed by atoms with van der Waals surface area (Å²) in [5.74, 6) is -0.346. The lowest BCUT2D eigenvalue weighted by molar-refractivity contribution is -0.120. The van der Waals surface area contributed by atoms with Gasteiger partial charge in [-0.25, -0.2) is 17.8 Å². The Balaban J connectivity index is 1.56. The minimum absolute atomic E-state index is 0.154. The summed E-state index contributed by atoms with van der Waals surface area (Å²) in [5, 5.41) is 2.68. The first kappa shape index (κ1) is 21.2. The van der Waals surface area contributed by atoms with Crippen molar-refractivity contribution in [1.29, 1.82) is 0 Å². The topological polar surface area (TPSA) is 84.3 Å². The lowest BCUT2D eigenvalue weighted by Crippen LogP contribution is -2.49. The Morgan fingerprint density at radius 2 is 1.94 bits per heavy atom. The van der Waals surface area contributed by atoms with Crippen LogP contribution in [0.3, 0.4) is 0 Å². The van der Waals surface area contributed by atoms with E-state index in [0.717, 1.165) is 6.42 Å². The largest absolute Gasteiger partial charge is 0.325 e. The fourth-order valence-corrected chi connectivity index (χ4v) is 5.50. The molecule has 0 aliphatic carbocycles. The molecular formula is C22H23FN4O3S. The van der Waals surface area contributed by atoms with Crippen molar-refractivity contribution in [3.63, 3.8) is 0 Å². The Morgan fingerprint density at radius 1 is 1.16 bits per heavy atom. The first-order valence-electron chi connectivity index (χ1n) is 10.1. The first-order chi connectivity index (χ1) is 14.9. The van der Waals surface area contributed by atoms with E-state index < -0.39 is 27.8 Å². The molecule has 1 N–H and O–H groups in total. The molecule has 1 aromatic heterocycles. The van der Waals surface area contributed by atoms with E-state index in [0.29, 0.717) is 24.4 Å². The molecule has 3 aromatic rings. The molecule has 0 radical (unpaired) electrons. The molecule has 9 heteroatoms. The van der Waals surface area contributed by atoms with Crippen molar-refractivity contribution in [2.75, 3.05) is 11.9 Å². The maximum atomic E-state index is 14.7. The highest BCUT2D eigenvalue weighted by Crippen LogP contribution is 2.27. The predicted octanol–water partition coefficient (Wildman–Crippen LogP) is 3.50.